The Balaban J connectivity index is 1.79. The van der Waals surface area contributed by atoms with Crippen LogP contribution < -0.4 is 9.47 Å². The first-order valence-corrected chi connectivity index (χ1v) is 8.99. The maximum absolute atomic E-state index is 9.27. The Morgan fingerprint density at radius 2 is 1.96 bits per heavy atom. The van der Waals surface area contributed by atoms with E-state index in [1.165, 1.54) is 0 Å². The van der Waals surface area contributed by atoms with Gasteiger partial charge in [0.1, 0.15) is 24.0 Å². The maximum atomic E-state index is 9.27. The molecule has 1 heterocycles. The summed E-state index contributed by atoms with van der Waals surface area (Å²) in [5.41, 5.74) is 2.93. The number of rotatable bonds is 6. The minimum Gasteiger partial charge on any atom is -0.493 e. The second kappa shape index (κ2) is 8.64. The standard InChI is InChI=1S/C22H19ClN2O3/c1-14-15(2)28-22(18(14)11-24)25-12-16-8-9-20(21(10-16)26-3)27-13-17-6-4-5-7-19(17)23/h4-10,12H,13H2,1-3H3/b25-12+. The zero-order valence-electron chi connectivity index (χ0n) is 15.8. The third-order valence-electron chi connectivity index (χ3n) is 4.34. The summed E-state index contributed by atoms with van der Waals surface area (Å²) in [6.07, 6.45) is 1.62. The molecule has 0 atom stereocenters. The highest BCUT2D eigenvalue weighted by molar-refractivity contribution is 6.31. The van der Waals surface area contributed by atoms with Gasteiger partial charge in [-0.15, -0.1) is 0 Å². The molecule has 0 fully saturated rings. The number of aryl methyl sites for hydroxylation is 1. The summed E-state index contributed by atoms with van der Waals surface area (Å²) in [6.45, 7) is 3.98. The molecular weight excluding hydrogens is 376 g/mol. The van der Waals surface area contributed by atoms with Crippen molar-refractivity contribution in [3.63, 3.8) is 0 Å². The van der Waals surface area contributed by atoms with Crippen LogP contribution in [0.25, 0.3) is 0 Å². The Bertz CT molecular complexity index is 1060. The van der Waals surface area contributed by atoms with Crippen molar-refractivity contribution >= 4 is 23.7 Å². The lowest BCUT2D eigenvalue weighted by atomic mass is 10.2. The molecule has 5 nitrogen and oxygen atoms in total. The monoisotopic (exact) mass is 394 g/mol. The normalized spacial score (nSPS) is 10.8. The molecule has 0 spiro atoms. The summed E-state index contributed by atoms with van der Waals surface area (Å²) in [7, 11) is 1.58. The minimum atomic E-state index is 0.301. The molecule has 1 aromatic heterocycles. The van der Waals surface area contributed by atoms with Gasteiger partial charge in [-0.1, -0.05) is 29.8 Å². The van der Waals surface area contributed by atoms with Crippen LogP contribution in [0.2, 0.25) is 5.02 Å². The van der Waals surface area contributed by atoms with Gasteiger partial charge < -0.3 is 13.9 Å². The molecule has 0 aliphatic carbocycles. The number of nitrogens with zero attached hydrogens (tertiary/aromatic N) is 2. The number of hydrogen-bond acceptors (Lipinski definition) is 5. The van der Waals surface area contributed by atoms with Crippen molar-refractivity contribution in [2.24, 2.45) is 4.99 Å². The van der Waals surface area contributed by atoms with Gasteiger partial charge in [0.05, 0.1) is 7.11 Å². The largest absolute Gasteiger partial charge is 0.493 e. The van der Waals surface area contributed by atoms with Gasteiger partial charge in [-0.3, -0.25) is 0 Å². The van der Waals surface area contributed by atoms with E-state index in [4.69, 9.17) is 25.5 Å². The van der Waals surface area contributed by atoms with Crippen LogP contribution in [0.15, 0.2) is 51.9 Å². The predicted octanol–water partition coefficient (Wildman–Crippen LogP) is 5.76. The van der Waals surface area contributed by atoms with Gasteiger partial charge in [-0.2, -0.15) is 5.26 Å². The van der Waals surface area contributed by atoms with Crippen LogP contribution in [-0.2, 0) is 6.61 Å². The molecule has 0 aliphatic heterocycles. The molecule has 0 N–H and O–H groups in total. The Morgan fingerprint density at radius 1 is 1.18 bits per heavy atom. The van der Waals surface area contributed by atoms with Crippen LogP contribution in [0.4, 0.5) is 5.88 Å². The third kappa shape index (κ3) is 4.19. The Morgan fingerprint density at radius 3 is 2.68 bits per heavy atom. The summed E-state index contributed by atoms with van der Waals surface area (Å²) in [5.74, 6) is 2.16. The molecule has 6 heteroatoms. The van der Waals surface area contributed by atoms with E-state index in [-0.39, 0.29) is 0 Å². The summed E-state index contributed by atoms with van der Waals surface area (Å²) in [5, 5.41) is 9.93. The lowest BCUT2D eigenvalue weighted by Gasteiger charge is -2.12. The van der Waals surface area contributed by atoms with E-state index >= 15 is 0 Å². The number of nitriles is 1. The van der Waals surface area contributed by atoms with Gasteiger partial charge in [0, 0.05) is 22.4 Å². The van der Waals surface area contributed by atoms with Gasteiger partial charge in [0.2, 0.25) is 5.88 Å². The smallest absolute Gasteiger partial charge is 0.237 e. The second-order valence-corrected chi connectivity index (χ2v) is 6.53. The lowest BCUT2D eigenvalue weighted by Crippen LogP contribution is -1.99. The first kappa shape index (κ1) is 19.5. The quantitative estimate of drug-likeness (QED) is 0.498. The highest BCUT2D eigenvalue weighted by Gasteiger charge is 2.13. The van der Waals surface area contributed by atoms with E-state index in [0.717, 1.165) is 16.7 Å². The van der Waals surface area contributed by atoms with Crippen molar-refractivity contribution < 1.29 is 13.9 Å². The number of ether oxygens (including phenoxy) is 2. The molecule has 0 radical (unpaired) electrons. The molecule has 0 aliphatic rings. The Labute approximate surface area is 168 Å². The van der Waals surface area contributed by atoms with E-state index in [0.29, 0.717) is 40.3 Å². The van der Waals surface area contributed by atoms with Crippen molar-refractivity contribution in [3.05, 3.63) is 75.5 Å². The van der Waals surface area contributed by atoms with Crippen LogP contribution >= 0.6 is 11.6 Å². The van der Waals surface area contributed by atoms with E-state index in [1.54, 1.807) is 25.5 Å². The number of furan rings is 1. The van der Waals surface area contributed by atoms with E-state index in [2.05, 4.69) is 11.1 Å². The van der Waals surface area contributed by atoms with Gasteiger partial charge in [0.15, 0.2) is 11.5 Å². The molecule has 3 aromatic rings. The van der Waals surface area contributed by atoms with Crippen molar-refractivity contribution in [2.75, 3.05) is 7.11 Å². The minimum absolute atomic E-state index is 0.301. The zero-order chi connectivity index (χ0) is 20.1. The molecular formula is C22H19ClN2O3. The average molecular weight is 395 g/mol. The van der Waals surface area contributed by atoms with E-state index in [9.17, 15) is 5.26 Å². The summed E-state index contributed by atoms with van der Waals surface area (Å²) in [4.78, 5) is 4.31. The fraction of sp³-hybridized carbons (Fsp3) is 0.182. The molecule has 3 rings (SSSR count). The molecule has 0 amide bonds. The maximum Gasteiger partial charge on any atom is 0.237 e. The van der Waals surface area contributed by atoms with Crippen molar-refractivity contribution in [2.45, 2.75) is 20.5 Å². The number of hydrogen-bond donors (Lipinski definition) is 0. The number of halogens is 1. The highest BCUT2D eigenvalue weighted by Crippen LogP contribution is 2.31. The summed E-state index contributed by atoms with van der Waals surface area (Å²) >= 11 is 6.17. The van der Waals surface area contributed by atoms with Crippen LogP contribution in [0.3, 0.4) is 0 Å². The molecule has 0 unspecified atom stereocenters. The predicted molar refractivity (Wildman–Crippen MR) is 109 cm³/mol. The van der Waals surface area contributed by atoms with Gasteiger partial charge in [-0.25, -0.2) is 4.99 Å². The van der Waals surface area contributed by atoms with Crippen molar-refractivity contribution in [1.29, 1.82) is 5.26 Å². The number of benzene rings is 2. The highest BCUT2D eigenvalue weighted by atomic mass is 35.5. The molecule has 2 aromatic carbocycles. The molecule has 142 valence electrons. The molecule has 0 saturated heterocycles. The molecule has 28 heavy (non-hydrogen) atoms. The Kier molecular flexibility index (Phi) is 6.03. The van der Waals surface area contributed by atoms with E-state index in [1.807, 2.05) is 44.2 Å². The van der Waals surface area contributed by atoms with Crippen molar-refractivity contribution in [3.8, 4) is 17.6 Å². The lowest BCUT2D eigenvalue weighted by molar-refractivity contribution is 0.284. The third-order valence-corrected chi connectivity index (χ3v) is 4.71. The number of aliphatic imine (C=N–C) groups is 1. The fourth-order valence-corrected chi connectivity index (χ4v) is 2.81. The van der Waals surface area contributed by atoms with Gasteiger partial charge in [-0.05, 0) is 43.7 Å². The van der Waals surface area contributed by atoms with Gasteiger partial charge >= 0.3 is 0 Å². The SMILES string of the molecule is COc1cc(/C=N/c2oc(C)c(C)c2C#N)ccc1OCc1ccccc1Cl. The van der Waals surface area contributed by atoms with Crippen LogP contribution in [0.5, 0.6) is 11.5 Å². The molecule has 0 bridgehead atoms. The van der Waals surface area contributed by atoms with E-state index < -0.39 is 0 Å². The zero-order valence-corrected chi connectivity index (χ0v) is 16.6. The van der Waals surface area contributed by atoms with Crippen LogP contribution in [-0.4, -0.2) is 13.3 Å². The number of methoxy groups -OCH3 is 1. The molecule has 0 saturated carbocycles. The average Bonchev–Trinajstić information content (AvgIpc) is 2.99. The first-order valence-electron chi connectivity index (χ1n) is 8.62. The first-order chi connectivity index (χ1) is 13.5. The topological polar surface area (TPSA) is 67.8 Å². The Hall–Kier alpha value is -3.23. The fourth-order valence-electron chi connectivity index (χ4n) is 2.62. The summed E-state index contributed by atoms with van der Waals surface area (Å²) in [6, 6.07) is 15.1. The summed E-state index contributed by atoms with van der Waals surface area (Å²) < 4.78 is 16.8. The van der Waals surface area contributed by atoms with Crippen LogP contribution in [0, 0.1) is 25.2 Å². The second-order valence-electron chi connectivity index (χ2n) is 6.12. The van der Waals surface area contributed by atoms with Crippen molar-refractivity contribution in [1.82, 2.24) is 0 Å². The van der Waals surface area contributed by atoms with Gasteiger partial charge in [0.25, 0.3) is 0 Å². The van der Waals surface area contributed by atoms with Crippen LogP contribution in [0.1, 0.15) is 28.0 Å².